The van der Waals surface area contributed by atoms with Gasteiger partial charge >= 0.3 is 0 Å². The molecule has 0 aromatic heterocycles. The van der Waals surface area contributed by atoms with Crippen molar-refractivity contribution in [2.45, 2.75) is 6.92 Å². The number of nitrogens with two attached hydrogens (primary N) is 1. The Kier molecular flexibility index (Phi) is 3.71. The molecular weight excluding hydrogens is 238 g/mol. The second-order valence-electron chi connectivity index (χ2n) is 4.38. The van der Waals surface area contributed by atoms with Crippen molar-refractivity contribution in [2.24, 2.45) is 0 Å². The quantitative estimate of drug-likeness (QED) is 0.739. The van der Waals surface area contributed by atoms with Crippen molar-refractivity contribution in [3.05, 3.63) is 53.6 Å². The molecule has 4 N–H and O–H groups in total. The molecular formula is C15H17N3O. The zero-order valence-electron chi connectivity index (χ0n) is 11.0. The molecule has 98 valence electrons. The monoisotopic (exact) mass is 255 g/mol. The number of aryl methyl sites for hydroxylation is 1. The Balaban J connectivity index is 2.38. The van der Waals surface area contributed by atoms with Crippen LogP contribution in [0.25, 0.3) is 0 Å². The standard InChI is InChI=1S/C15H17N3O/c1-10-4-3-5-12(8-10)18-14-9-11(16)6-7-13(14)15(19)17-2/h3-9,18H,16H2,1-2H3,(H,17,19). The maximum absolute atomic E-state index is 11.8. The van der Waals surface area contributed by atoms with Crippen molar-refractivity contribution < 1.29 is 4.79 Å². The molecule has 0 unspecified atom stereocenters. The van der Waals surface area contributed by atoms with Gasteiger partial charge in [0.25, 0.3) is 5.91 Å². The third kappa shape index (κ3) is 3.04. The van der Waals surface area contributed by atoms with Crippen LogP contribution in [0.4, 0.5) is 17.1 Å². The van der Waals surface area contributed by atoms with E-state index in [4.69, 9.17) is 5.73 Å². The molecule has 0 saturated heterocycles. The zero-order chi connectivity index (χ0) is 13.8. The second-order valence-corrected chi connectivity index (χ2v) is 4.38. The summed E-state index contributed by atoms with van der Waals surface area (Å²) in [7, 11) is 1.61. The highest BCUT2D eigenvalue weighted by molar-refractivity contribution is 6.00. The van der Waals surface area contributed by atoms with Gasteiger partial charge in [0.05, 0.1) is 11.3 Å². The number of carbonyl (C=O) groups is 1. The highest BCUT2D eigenvalue weighted by atomic mass is 16.1. The lowest BCUT2D eigenvalue weighted by molar-refractivity contribution is 0.0964. The van der Waals surface area contributed by atoms with Crippen LogP contribution >= 0.6 is 0 Å². The van der Waals surface area contributed by atoms with E-state index in [0.717, 1.165) is 11.3 Å². The van der Waals surface area contributed by atoms with E-state index in [-0.39, 0.29) is 5.91 Å². The summed E-state index contributed by atoms with van der Waals surface area (Å²) < 4.78 is 0. The predicted octanol–water partition coefficient (Wildman–Crippen LogP) is 2.68. The smallest absolute Gasteiger partial charge is 0.253 e. The van der Waals surface area contributed by atoms with E-state index in [1.54, 1.807) is 25.2 Å². The summed E-state index contributed by atoms with van der Waals surface area (Å²) in [5.74, 6) is -0.143. The molecule has 0 saturated carbocycles. The Hall–Kier alpha value is -2.49. The molecule has 19 heavy (non-hydrogen) atoms. The Morgan fingerprint density at radius 2 is 1.95 bits per heavy atom. The first-order valence-electron chi connectivity index (χ1n) is 6.05. The number of amides is 1. The first kappa shape index (κ1) is 13.0. The number of nitrogens with one attached hydrogen (secondary N) is 2. The number of nitrogen functional groups attached to an aromatic ring is 1. The first-order chi connectivity index (χ1) is 9.10. The second kappa shape index (κ2) is 5.44. The van der Waals surface area contributed by atoms with Crippen LogP contribution in [0.1, 0.15) is 15.9 Å². The van der Waals surface area contributed by atoms with Crippen molar-refractivity contribution in [3.8, 4) is 0 Å². The van der Waals surface area contributed by atoms with E-state index >= 15 is 0 Å². The molecule has 2 aromatic rings. The van der Waals surface area contributed by atoms with Crippen molar-refractivity contribution in [3.63, 3.8) is 0 Å². The number of hydrogen-bond donors (Lipinski definition) is 3. The first-order valence-corrected chi connectivity index (χ1v) is 6.05. The number of hydrogen-bond acceptors (Lipinski definition) is 3. The largest absolute Gasteiger partial charge is 0.399 e. The van der Waals surface area contributed by atoms with Gasteiger partial charge in [0, 0.05) is 18.4 Å². The summed E-state index contributed by atoms with van der Waals surface area (Å²) in [6, 6.07) is 13.1. The lowest BCUT2D eigenvalue weighted by atomic mass is 10.1. The molecule has 0 fully saturated rings. The topological polar surface area (TPSA) is 67.2 Å². The zero-order valence-corrected chi connectivity index (χ0v) is 11.0. The van der Waals surface area contributed by atoms with Crippen molar-refractivity contribution in [2.75, 3.05) is 18.1 Å². The van der Waals surface area contributed by atoms with Crippen LogP contribution in [0.15, 0.2) is 42.5 Å². The lowest BCUT2D eigenvalue weighted by Gasteiger charge is -2.12. The van der Waals surface area contributed by atoms with Crippen LogP contribution < -0.4 is 16.4 Å². The van der Waals surface area contributed by atoms with Gasteiger partial charge in [-0.25, -0.2) is 0 Å². The fourth-order valence-electron chi connectivity index (χ4n) is 1.88. The Labute approximate surface area is 112 Å². The van der Waals surface area contributed by atoms with E-state index in [2.05, 4.69) is 10.6 Å². The molecule has 4 heteroatoms. The van der Waals surface area contributed by atoms with Gasteiger partial charge < -0.3 is 16.4 Å². The van der Waals surface area contributed by atoms with E-state index in [0.29, 0.717) is 16.9 Å². The van der Waals surface area contributed by atoms with Crippen LogP contribution in [-0.2, 0) is 0 Å². The van der Waals surface area contributed by atoms with Gasteiger partial charge in [0.2, 0.25) is 0 Å². The number of anilines is 3. The van der Waals surface area contributed by atoms with E-state index in [9.17, 15) is 4.79 Å². The van der Waals surface area contributed by atoms with Crippen LogP contribution in [0, 0.1) is 6.92 Å². The fourth-order valence-corrected chi connectivity index (χ4v) is 1.88. The molecule has 2 rings (SSSR count). The summed E-state index contributed by atoms with van der Waals surface area (Å²) in [4.78, 5) is 11.8. The van der Waals surface area contributed by atoms with Crippen LogP contribution in [0.2, 0.25) is 0 Å². The summed E-state index contributed by atoms with van der Waals surface area (Å²) in [5.41, 5.74) is 9.74. The fraction of sp³-hybridized carbons (Fsp3) is 0.133. The minimum Gasteiger partial charge on any atom is -0.399 e. The maximum Gasteiger partial charge on any atom is 0.253 e. The van der Waals surface area contributed by atoms with Gasteiger partial charge in [-0.1, -0.05) is 12.1 Å². The van der Waals surface area contributed by atoms with Crippen molar-refractivity contribution in [1.29, 1.82) is 0 Å². The van der Waals surface area contributed by atoms with Crippen molar-refractivity contribution >= 4 is 23.0 Å². The van der Waals surface area contributed by atoms with Crippen molar-refractivity contribution in [1.82, 2.24) is 5.32 Å². The third-order valence-electron chi connectivity index (χ3n) is 2.81. The average molecular weight is 255 g/mol. The summed E-state index contributed by atoms with van der Waals surface area (Å²) in [6.45, 7) is 2.02. The number of rotatable bonds is 3. The highest BCUT2D eigenvalue weighted by Gasteiger charge is 2.10. The molecule has 0 bridgehead atoms. The predicted molar refractivity (Wildman–Crippen MR) is 78.7 cm³/mol. The minimum absolute atomic E-state index is 0.143. The van der Waals surface area contributed by atoms with Gasteiger partial charge in [0.1, 0.15) is 0 Å². The Morgan fingerprint density at radius 3 is 2.63 bits per heavy atom. The maximum atomic E-state index is 11.8. The van der Waals surface area contributed by atoms with Gasteiger partial charge in [-0.2, -0.15) is 0 Å². The molecule has 0 aliphatic rings. The molecule has 0 spiro atoms. The molecule has 0 heterocycles. The lowest BCUT2D eigenvalue weighted by Crippen LogP contribution is -2.19. The average Bonchev–Trinajstić information content (AvgIpc) is 2.38. The van der Waals surface area contributed by atoms with Gasteiger partial charge in [-0.05, 0) is 42.8 Å². The molecule has 0 atom stereocenters. The SMILES string of the molecule is CNC(=O)c1ccc(N)cc1Nc1cccc(C)c1. The molecule has 2 aromatic carbocycles. The molecule has 1 amide bonds. The van der Waals surface area contributed by atoms with Crippen LogP contribution in [-0.4, -0.2) is 13.0 Å². The third-order valence-corrected chi connectivity index (χ3v) is 2.81. The minimum atomic E-state index is -0.143. The van der Waals surface area contributed by atoms with Crippen LogP contribution in [0.3, 0.4) is 0 Å². The van der Waals surface area contributed by atoms with Crippen LogP contribution in [0.5, 0.6) is 0 Å². The van der Waals surface area contributed by atoms with Gasteiger partial charge in [-0.15, -0.1) is 0 Å². The number of carbonyl (C=O) groups excluding carboxylic acids is 1. The summed E-state index contributed by atoms with van der Waals surface area (Å²) in [6.07, 6.45) is 0. The van der Waals surface area contributed by atoms with E-state index in [1.807, 2.05) is 31.2 Å². The Bertz CT molecular complexity index is 608. The molecule has 0 aliphatic heterocycles. The van der Waals surface area contributed by atoms with Gasteiger partial charge in [-0.3, -0.25) is 4.79 Å². The van der Waals surface area contributed by atoms with E-state index < -0.39 is 0 Å². The van der Waals surface area contributed by atoms with E-state index in [1.165, 1.54) is 0 Å². The summed E-state index contributed by atoms with van der Waals surface area (Å²) in [5, 5.41) is 5.85. The molecule has 4 nitrogen and oxygen atoms in total. The molecule has 0 radical (unpaired) electrons. The highest BCUT2D eigenvalue weighted by Crippen LogP contribution is 2.24. The number of benzene rings is 2. The normalized spacial score (nSPS) is 10.0. The molecule has 0 aliphatic carbocycles. The summed E-state index contributed by atoms with van der Waals surface area (Å²) >= 11 is 0. The van der Waals surface area contributed by atoms with Gasteiger partial charge in [0.15, 0.2) is 0 Å². The Morgan fingerprint density at radius 1 is 1.16 bits per heavy atom.